The largest absolute Gasteiger partial charge is 0.309 e. The molecular formula is C56H34N8. The summed E-state index contributed by atoms with van der Waals surface area (Å²) in [4.78, 5) is 30.9. The Morgan fingerprint density at radius 3 is 0.766 bits per heavy atom. The average molecular weight is 819 g/mol. The Kier molecular flexibility index (Phi) is 8.04. The minimum Gasteiger partial charge on any atom is -0.309 e. The van der Waals surface area contributed by atoms with Crippen LogP contribution in [0.2, 0.25) is 0 Å². The van der Waals surface area contributed by atoms with Crippen molar-refractivity contribution in [2.75, 3.05) is 0 Å². The number of nitrogens with zero attached hydrogens (tertiary/aromatic N) is 8. The van der Waals surface area contributed by atoms with E-state index in [-0.39, 0.29) is 0 Å². The first-order chi connectivity index (χ1) is 31.7. The van der Waals surface area contributed by atoms with Gasteiger partial charge in [-0.15, -0.1) is 0 Å². The van der Waals surface area contributed by atoms with Gasteiger partial charge in [0.1, 0.15) is 0 Å². The Balaban J connectivity index is 1.00. The second-order valence-electron chi connectivity index (χ2n) is 15.9. The zero-order valence-corrected chi connectivity index (χ0v) is 34.2. The van der Waals surface area contributed by atoms with E-state index in [1.165, 1.54) is 21.5 Å². The van der Waals surface area contributed by atoms with E-state index in [4.69, 9.17) is 29.9 Å². The third-order valence-electron chi connectivity index (χ3n) is 12.2. The molecule has 0 aliphatic heterocycles. The predicted molar refractivity (Wildman–Crippen MR) is 259 cm³/mol. The van der Waals surface area contributed by atoms with E-state index in [9.17, 15) is 0 Å². The summed E-state index contributed by atoms with van der Waals surface area (Å²) in [5, 5.41) is 4.87. The molecule has 298 valence electrons. The van der Waals surface area contributed by atoms with E-state index in [2.05, 4.69) is 155 Å². The smallest absolute Gasteiger partial charge is 0.200 e. The number of hydrogen-bond acceptors (Lipinski definition) is 6. The molecule has 13 aromatic rings. The molecule has 0 fully saturated rings. The highest BCUT2D eigenvalue weighted by Crippen LogP contribution is 2.37. The first kappa shape index (κ1) is 35.8. The molecule has 0 spiro atoms. The first-order valence-corrected chi connectivity index (χ1v) is 21.3. The quantitative estimate of drug-likeness (QED) is 0.155. The maximum atomic E-state index is 5.29. The van der Waals surface area contributed by atoms with Crippen molar-refractivity contribution in [3.8, 4) is 56.4 Å². The van der Waals surface area contributed by atoms with E-state index in [1.54, 1.807) is 0 Å². The van der Waals surface area contributed by atoms with Crippen molar-refractivity contribution < 1.29 is 0 Å². The lowest BCUT2D eigenvalue weighted by molar-refractivity contribution is 1.14. The molecule has 0 aliphatic carbocycles. The van der Waals surface area contributed by atoms with Crippen molar-refractivity contribution in [3.63, 3.8) is 0 Å². The monoisotopic (exact) mass is 818 g/mol. The Bertz CT molecular complexity index is 3570. The maximum absolute atomic E-state index is 5.29. The summed E-state index contributed by atoms with van der Waals surface area (Å²) in [6, 6.07) is 71.5. The molecule has 0 saturated carbocycles. The molecule has 0 unspecified atom stereocenters. The lowest BCUT2D eigenvalue weighted by Gasteiger charge is -2.14. The van der Waals surface area contributed by atoms with Crippen LogP contribution in [0, 0.1) is 0 Å². The average Bonchev–Trinajstić information content (AvgIpc) is 3.89. The van der Waals surface area contributed by atoms with Crippen LogP contribution in [-0.2, 0) is 0 Å². The highest BCUT2D eigenvalue weighted by Gasteiger charge is 2.21. The van der Waals surface area contributed by atoms with Crippen molar-refractivity contribution in [2.24, 2.45) is 0 Å². The zero-order valence-electron chi connectivity index (χ0n) is 34.2. The van der Waals surface area contributed by atoms with Gasteiger partial charge in [-0.1, -0.05) is 158 Å². The van der Waals surface area contributed by atoms with Gasteiger partial charge in [-0.3, -0.25) is 0 Å². The van der Waals surface area contributed by atoms with Crippen LogP contribution in [-0.4, -0.2) is 39.0 Å². The Hall–Kier alpha value is -8.88. The summed E-state index contributed by atoms with van der Waals surface area (Å²) >= 11 is 0. The van der Waals surface area contributed by atoms with Crippen molar-refractivity contribution in [1.82, 2.24) is 39.0 Å². The number of para-hydroxylation sites is 4. The Labute approximate surface area is 366 Å². The van der Waals surface area contributed by atoms with Crippen LogP contribution in [0.3, 0.4) is 0 Å². The Morgan fingerprint density at radius 2 is 0.469 bits per heavy atom. The lowest BCUT2D eigenvalue weighted by Crippen LogP contribution is -2.03. The number of fused-ring (bicyclic) bond motifs is 8. The maximum Gasteiger partial charge on any atom is 0.200 e. The fraction of sp³-hybridized carbons (Fsp3) is 0. The molecule has 0 N–H and O–H groups in total. The van der Waals surface area contributed by atoms with Gasteiger partial charge in [0.2, 0.25) is 22.6 Å². The number of rotatable bonds is 6. The molecule has 8 aromatic carbocycles. The van der Waals surface area contributed by atoms with Crippen LogP contribution in [0.15, 0.2) is 206 Å². The standard InChI is InChI=1S/C56H34N8/c1-3-15-35(16-4-1)49-50(36-17-5-2-6-18-36)58-54-53(57-49)61-55-56(62-54)60-52(38-29-33-40(34-30-38)64-47-25-13-9-21-43(47)44-22-10-14-26-48(44)64)51(59-55)37-27-31-39(32-28-37)63-45-23-11-7-19-41(45)42-20-8-12-24-46(42)63/h1-34H. The molecule has 5 heterocycles. The molecular weight excluding hydrogens is 785 g/mol. The van der Waals surface area contributed by atoms with Crippen molar-refractivity contribution in [3.05, 3.63) is 206 Å². The summed E-state index contributed by atoms with van der Waals surface area (Å²) < 4.78 is 4.64. The number of aromatic nitrogens is 8. The van der Waals surface area contributed by atoms with Crippen molar-refractivity contribution >= 4 is 66.2 Å². The number of hydrogen-bond donors (Lipinski definition) is 0. The van der Waals surface area contributed by atoms with Crippen molar-refractivity contribution in [1.29, 1.82) is 0 Å². The van der Waals surface area contributed by atoms with Gasteiger partial charge >= 0.3 is 0 Å². The summed E-state index contributed by atoms with van der Waals surface area (Å²) in [6.45, 7) is 0. The van der Waals surface area contributed by atoms with Crippen molar-refractivity contribution in [2.45, 2.75) is 0 Å². The van der Waals surface area contributed by atoms with Gasteiger partial charge in [0, 0.05) is 55.2 Å². The van der Waals surface area contributed by atoms with Gasteiger partial charge in [-0.25, -0.2) is 29.9 Å². The van der Waals surface area contributed by atoms with Crippen LogP contribution in [0.4, 0.5) is 0 Å². The SMILES string of the molecule is c1ccc(-c2nc3nc4nc(-c5ccc(-n6c7ccccc7c7ccccc76)cc5)c(-c5ccc(-n6c7ccccc7c7ccccc76)cc5)nc4nc3nc2-c2ccccc2)cc1. The van der Waals surface area contributed by atoms with Gasteiger partial charge in [-0.2, -0.15) is 0 Å². The molecule has 0 bridgehead atoms. The van der Waals surface area contributed by atoms with Gasteiger partial charge in [0.05, 0.1) is 44.8 Å². The fourth-order valence-electron chi connectivity index (χ4n) is 9.27. The third-order valence-corrected chi connectivity index (χ3v) is 12.2. The second kappa shape index (κ2) is 14.4. The van der Waals surface area contributed by atoms with E-state index < -0.39 is 0 Å². The minimum atomic E-state index is 0.389. The molecule has 5 aromatic heterocycles. The molecule has 0 amide bonds. The van der Waals surface area contributed by atoms with Crippen LogP contribution >= 0.6 is 0 Å². The molecule has 0 saturated heterocycles. The van der Waals surface area contributed by atoms with Crippen LogP contribution in [0.5, 0.6) is 0 Å². The highest BCUT2D eigenvalue weighted by molar-refractivity contribution is 6.10. The summed E-state index contributed by atoms with van der Waals surface area (Å²) in [7, 11) is 0. The number of benzene rings is 8. The van der Waals surface area contributed by atoms with Crippen LogP contribution in [0.1, 0.15) is 0 Å². The van der Waals surface area contributed by atoms with Gasteiger partial charge in [0.25, 0.3) is 0 Å². The van der Waals surface area contributed by atoms with Gasteiger partial charge in [-0.05, 0) is 48.5 Å². The third kappa shape index (κ3) is 5.70. The predicted octanol–water partition coefficient (Wildman–Crippen LogP) is 13.2. The van der Waals surface area contributed by atoms with E-state index in [0.717, 1.165) is 67.1 Å². The molecule has 8 heteroatoms. The first-order valence-electron chi connectivity index (χ1n) is 21.3. The molecule has 0 radical (unpaired) electrons. The second-order valence-corrected chi connectivity index (χ2v) is 15.9. The van der Waals surface area contributed by atoms with Gasteiger partial charge in [0.15, 0.2) is 0 Å². The van der Waals surface area contributed by atoms with E-state index in [1.807, 2.05) is 60.7 Å². The van der Waals surface area contributed by atoms with Gasteiger partial charge < -0.3 is 9.13 Å². The summed E-state index contributed by atoms with van der Waals surface area (Å²) in [5.74, 6) is 0. The normalized spacial score (nSPS) is 11.8. The highest BCUT2D eigenvalue weighted by atomic mass is 15.1. The molecule has 13 rings (SSSR count). The molecule has 0 aliphatic rings. The van der Waals surface area contributed by atoms with E-state index >= 15 is 0 Å². The fourth-order valence-corrected chi connectivity index (χ4v) is 9.27. The summed E-state index contributed by atoms with van der Waals surface area (Å²) in [6.07, 6.45) is 0. The lowest BCUT2D eigenvalue weighted by atomic mass is 10.0. The van der Waals surface area contributed by atoms with Crippen LogP contribution < -0.4 is 0 Å². The summed E-state index contributed by atoms with van der Waals surface area (Å²) in [5.41, 5.74) is 14.8. The van der Waals surface area contributed by atoms with Crippen LogP contribution in [0.25, 0.3) is 123 Å². The molecule has 0 atom stereocenters. The minimum absolute atomic E-state index is 0.389. The molecule has 8 nitrogen and oxygen atoms in total. The zero-order chi connectivity index (χ0) is 42.1. The topological polar surface area (TPSA) is 87.2 Å². The molecule has 64 heavy (non-hydrogen) atoms. The Morgan fingerprint density at radius 1 is 0.219 bits per heavy atom. The van der Waals surface area contributed by atoms with E-state index in [0.29, 0.717) is 34.0 Å².